The summed E-state index contributed by atoms with van der Waals surface area (Å²) in [4.78, 5) is 21.4. The zero-order chi connectivity index (χ0) is 30.3. The maximum Gasteiger partial charge on any atom is 0.433 e. The van der Waals surface area contributed by atoms with Crippen LogP contribution in [0.15, 0.2) is 48.7 Å². The molecule has 3 heterocycles. The van der Waals surface area contributed by atoms with Crippen LogP contribution in [-0.2, 0) is 6.18 Å². The number of halogens is 5. The molecule has 0 saturated carbocycles. The molecular weight excluding hydrogens is 561 g/mol. The second-order valence-electron chi connectivity index (χ2n) is 10.1. The lowest BCUT2D eigenvalue weighted by molar-refractivity contribution is -0.143. The topological polar surface area (TPSA) is 83.2 Å². The zero-order valence-corrected chi connectivity index (χ0v) is 23.0. The smallest absolute Gasteiger partial charge is 0.433 e. The van der Waals surface area contributed by atoms with E-state index < -0.39 is 48.1 Å². The van der Waals surface area contributed by atoms with Gasteiger partial charge in [-0.1, -0.05) is 12.1 Å². The zero-order valence-electron chi connectivity index (χ0n) is 23.0. The number of piperazine rings is 1. The van der Waals surface area contributed by atoms with Gasteiger partial charge in [0, 0.05) is 42.4 Å². The van der Waals surface area contributed by atoms with E-state index in [2.05, 4.69) is 10.1 Å². The van der Waals surface area contributed by atoms with Gasteiger partial charge in [0.25, 0.3) is 5.91 Å². The molecule has 2 aromatic heterocycles. The van der Waals surface area contributed by atoms with Crippen LogP contribution in [0.1, 0.15) is 40.1 Å². The summed E-state index contributed by atoms with van der Waals surface area (Å²) in [5.74, 6) is -2.13. The molecule has 0 bridgehead atoms. The molecule has 2 aromatic carbocycles. The summed E-state index contributed by atoms with van der Waals surface area (Å²) in [5.41, 5.74) is -1.09. The van der Waals surface area contributed by atoms with Gasteiger partial charge < -0.3 is 14.7 Å². The summed E-state index contributed by atoms with van der Waals surface area (Å²) in [5, 5.41) is 13.9. The number of aliphatic hydroxyl groups excluding tert-OH is 1. The maximum absolute atomic E-state index is 14.5. The summed E-state index contributed by atoms with van der Waals surface area (Å²) in [6.07, 6.45) is -3.71. The van der Waals surface area contributed by atoms with Gasteiger partial charge in [-0.25, -0.2) is 18.3 Å². The van der Waals surface area contributed by atoms with E-state index in [1.54, 1.807) is 36.1 Å². The number of methoxy groups -OCH3 is 1. The van der Waals surface area contributed by atoms with Crippen molar-refractivity contribution in [1.29, 1.82) is 0 Å². The highest BCUT2D eigenvalue weighted by molar-refractivity contribution is 6.00. The Hall–Kier alpha value is -4.10. The van der Waals surface area contributed by atoms with Crippen LogP contribution in [0.25, 0.3) is 16.9 Å². The van der Waals surface area contributed by atoms with E-state index in [-0.39, 0.29) is 47.7 Å². The van der Waals surface area contributed by atoms with E-state index in [1.165, 1.54) is 31.1 Å². The number of nitrogens with zero attached hydrogens (tertiary/aromatic N) is 5. The monoisotopic (exact) mass is 589 g/mol. The standard InChI is InChI=1S/C29H28F5N5O3/c1-16-14-37(23(15-40)20-5-4-6-22(30)24(20)31)11-12-38(16)28(41)21-13-35-39-26(29(32,33)34)17(2)25(36-27(21)39)18-7-9-19(42-3)10-8-18/h4-10,13,16,23,40H,11-12,14-15H2,1-3H3/t16-,23-/m1/s1. The minimum atomic E-state index is -4.79. The van der Waals surface area contributed by atoms with Crippen molar-refractivity contribution in [1.82, 2.24) is 24.4 Å². The van der Waals surface area contributed by atoms with E-state index in [1.807, 2.05) is 0 Å². The van der Waals surface area contributed by atoms with Crippen molar-refractivity contribution >= 4 is 11.6 Å². The molecule has 1 aliphatic rings. The fourth-order valence-corrected chi connectivity index (χ4v) is 5.50. The second-order valence-corrected chi connectivity index (χ2v) is 10.1. The molecule has 0 spiro atoms. The summed E-state index contributed by atoms with van der Waals surface area (Å²) in [6, 6.07) is 8.79. The van der Waals surface area contributed by atoms with Gasteiger partial charge in [0.15, 0.2) is 23.0 Å². The number of aromatic nitrogens is 3. The van der Waals surface area contributed by atoms with Gasteiger partial charge in [-0.2, -0.15) is 18.3 Å². The minimum absolute atomic E-state index is 0.00239. The Bertz CT molecular complexity index is 1620. The molecule has 5 rings (SSSR count). The van der Waals surface area contributed by atoms with Crippen molar-refractivity contribution in [3.63, 3.8) is 0 Å². The van der Waals surface area contributed by atoms with Crippen molar-refractivity contribution in [3.8, 4) is 17.0 Å². The Morgan fingerprint density at radius 3 is 2.48 bits per heavy atom. The number of aliphatic hydroxyl groups is 1. The molecule has 0 aliphatic carbocycles. The van der Waals surface area contributed by atoms with Crippen LogP contribution in [0.3, 0.4) is 0 Å². The molecule has 13 heteroatoms. The number of amides is 1. The lowest BCUT2D eigenvalue weighted by atomic mass is 10.0. The van der Waals surface area contributed by atoms with Crippen LogP contribution in [0.5, 0.6) is 5.75 Å². The molecule has 8 nitrogen and oxygen atoms in total. The van der Waals surface area contributed by atoms with Gasteiger partial charge in [0.1, 0.15) is 11.3 Å². The van der Waals surface area contributed by atoms with E-state index in [4.69, 9.17) is 4.74 Å². The van der Waals surface area contributed by atoms with Gasteiger partial charge in [-0.3, -0.25) is 9.69 Å². The van der Waals surface area contributed by atoms with Crippen LogP contribution in [0, 0.1) is 18.6 Å². The van der Waals surface area contributed by atoms with Gasteiger partial charge in [0.05, 0.1) is 31.6 Å². The van der Waals surface area contributed by atoms with Crippen LogP contribution in [0.2, 0.25) is 0 Å². The van der Waals surface area contributed by atoms with Gasteiger partial charge >= 0.3 is 6.18 Å². The van der Waals surface area contributed by atoms with E-state index >= 15 is 0 Å². The third kappa shape index (κ3) is 5.18. The van der Waals surface area contributed by atoms with Crippen LogP contribution in [0.4, 0.5) is 22.0 Å². The maximum atomic E-state index is 14.5. The van der Waals surface area contributed by atoms with Crippen molar-refractivity contribution in [2.24, 2.45) is 0 Å². The molecule has 1 amide bonds. The Labute approximate surface area is 237 Å². The van der Waals surface area contributed by atoms with Gasteiger partial charge in [-0.15, -0.1) is 0 Å². The van der Waals surface area contributed by atoms with Crippen molar-refractivity contribution in [3.05, 3.63) is 82.7 Å². The highest BCUT2D eigenvalue weighted by Gasteiger charge is 2.40. The second kappa shape index (κ2) is 11.3. The van der Waals surface area contributed by atoms with Gasteiger partial charge in [-0.05, 0) is 44.2 Å². The highest BCUT2D eigenvalue weighted by Crippen LogP contribution is 2.37. The fraction of sp³-hybridized carbons (Fsp3) is 0.345. The SMILES string of the molecule is COc1ccc(-c2nc3c(C(=O)N4CCN([C@H](CO)c5cccc(F)c5F)C[C@H]4C)cnn3c(C(F)(F)F)c2C)cc1. The molecule has 1 saturated heterocycles. The van der Waals surface area contributed by atoms with E-state index in [0.717, 1.165) is 12.3 Å². The number of carbonyl (C=O) groups is 1. The molecule has 2 atom stereocenters. The molecule has 4 aromatic rings. The molecule has 222 valence electrons. The van der Waals surface area contributed by atoms with Crippen molar-refractivity contribution < 1.29 is 36.6 Å². The number of ether oxygens (including phenoxy) is 1. The van der Waals surface area contributed by atoms with Crippen LogP contribution < -0.4 is 4.74 Å². The van der Waals surface area contributed by atoms with Gasteiger partial charge in [0.2, 0.25) is 0 Å². The van der Waals surface area contributed by atoms with E-state index in [9.17, 15) is 31.9 Å². The van der Waals surface area contributed by atoms with Crippen LogP contribution in [-0.4, -0.2) is 74.8 Å². The summed E-state index contributed by atoms with van der Waals surface area (Å²) < 4.78 is 77.0. The first-order valence-electron chi connectivity index (χ1n) is 13.2. The summed E-state index contributed by atoms with van der Waals surface area (Å²) >= 11 is 0. The Morgan fingerprint density at radius 2 is 1.86 bits per heavy atom. The molecule has 42 heavy (non-hydrogen) atoms. The Kier molecular flexibility index (Phi) is 7.90. The first-order valence-corrected chi connectivity index (χ1v) is 13.2. The Balaban J connectivity index is 1.49. The molecule has 1 fully saturated rings. The third-order valence-electron chi connectivity index (χ3n) is 7.62. The highest BCUT2D eigenvalue weighted by atomic mass is 19.4. The predicted octanol–water partition coefficient (Wildman–Crippen LogP) is 4.89. The number of fused-ring (bicyclic) bond motifs is 1. The average molecular weight is 590 g/mol. The molecule has 1 N–H and O–H groups in total. The fourth-order valence-electron chi connectivity index (χ4n) is 5.50. The number of rotatable bonds is 6. The largest absolute Gasteiger partial charge is 0.497 e. The number of alkyl halides is 3. The first-order chi connectivity index (χ1) is 20.0. The lowest BCUT2D eigenvalue weighted by Crippen LogP contribution is -2.55. The number of carbonyl (C=O) groups excluding carboxylic acids is 1. The number of hydrogen-bond acceptors (Lipinski definition) is 6. The summed E-state index contributed by atoms with van der Waals surface area (Å²) in [6.45, 7) is 3.07. The minimum Gasteiger partial charge on any atom is -0.497 e. The first kappa shape index (κ1) is 29.4. The van der Waals surface area contributed by atoms with Crippen molar-refractivity contribution in [2.75, 3.05) is 33.4 Å². The number of benzene rings is 2. The average Bonchev–Trinajstić information content (AvgIpc) is 3.37. The Morgan fingerprint density at radius 1 is 1.14 bits per heavy atom. The summed E-state index contributed by atoms with van der Waals surface area (Å²) in [7, 11) is 1.47. The van der Waals surface area contributed by atoms with Crippen molar-refractivity contribution in [2.45, 2.75) is 32.1 Å². The predicted molar refractivity (Wildman–Crippen MR) is 143 cm³/mol. The lowest BCUT2D eigenvalue weighted by Gasteiger charge is -2.43. The molecule has 0 radical (unpaired) electrons. The van der Waals surface area contributed by atoms with E-state index in [0.29, 0.717) is 15.8 Å². The normalized spacial score (nSPS) is 17.1. The number of hydrogen-bond donors (Lipinski definition) is 1. The van der Waals surface area contributed by atoms with Crippen LogP contribution >= 0.6 is 0 Å². The third-order valence-corrected chi connectivity index (χ3v) is 7.62. The molecule has 0 unspecified atom stereocenters. The quantitative estimate of drug-likeness (QED) is 0.323. The molecular formula is C29H28F5N5O3. The molecule has 1 aliphatic heterocycles.